The fourth-order valence-electron chi connectivity index (χ4n) is 6.74. The molecule has 4 aliphatic rings. The number of carbonyl (C=O) groups excluding carboxylic acids is 1. The van der Waals surface area contributed by atoms with Crippen molar-refractivity contribution in [3.05, 3.63) is 59.7 Å². The Labute approximate surface area is 177 Å². The summed E-state index contributed by atoms with van der Waals surface area (Å²) in [6, 6.07) is 14.8. The van der Waals surface area contributed by atoms with Crippen LogP contribution in [0.1, 0.15) is 49.7 Å². The molecule has 4 nitrogen and oxygen atoms in total. The topological polar surface area (TPSA) is 58.6 Å². The smallest absolute Gasteiger partial charge is 0.267 e. The third-order valence-electron chi connectivity index (χ3n) is 7.59. The first-order chi connectivity index (χ1) is 14.6. The van der Waals surface area contributed by atoms with Crippen molar-refractivity contribution in [1.82, 2.24) is 5.48 Å². The van der Waals surface area contributed by atoms with E-state index in [4.69, 9.17) is 9.94 Å². The van der Waals surface area contributed by atoms with E-state index in [-0.39, 0.29) is 5.41 Å². The SMILES string of the molecule is COc1ccc(-c2ccc(C=CC(=O)NO)cc2)cc1C12CC3CC(CC(C3)C1)C2. The maximum Gasteiger partial charge on any atom is 0.267 e. The predicted octanol–water partition coefficient (Wildman–Crippen LogP) is 5.35. The van der Waals surface area contributed by atoms with E-state index in [1.807, 2.05) is 12.1 Å². The Hall–Kier alpha value is -2.59. The lowest BCUT2D eigenvalue weighted by molar-refractivity contribution is -0.124. The number of carbonyl (C=O) groups is 1. The molecule has 2 aromatic rings. The third-order valence-corrected chi connectivity index (χ3v) is 7.59. The van der Waals surface area contributed by atoms with Crippen molar-refractivity contribution in [1.29, 1.82) is 0 Å². The number of nitrogens with one attached hydrogen (secondary N) is 1. The number of amides is 1. The highest BCUT2D eigenvalue weighted by atomic mass is 16.5. The van der Waals surface area contributed by atoms with E-state index < -0.39 is 5.91 Å². The molecular weight excluding hydrogens is 374 g/mol. The van der Waals surface area contributed by atoms with E-state index in [0.29, 0.717) is 0 Å². The molecule has 4 fully saturated rings. The van der Waals surface area contributed by atoms with Gasteiger partial charge >= 0.3 is 0 Å². The van der Waals surface area contributed by atoms with Gasteiger partial charge in [-0.15, -0.1) is 0 Å². The number of hydrogen-bond donors (Lipinski definition) is 2. The molecule has 0 atom stereocenters. The lowest BCUT2D eigenvalue weighted by atomic mass is 9.48. The van der Waals surface area contributed by atoms with Crippen molar-refractivity contribution in [2.75, 3.05) is 7.11 Å². The minimum Gasteiger partial charge on any atom is -0.496 e. The summed E-state index contributed by atoms with van der Waals surface area (Å²) in [6.07, 6.45) is 11.2. The number of benzene rings is 2. The molecule has 0 aliphatic heterocycles. The Balaban J connectivity index is 1.47. The molecule has 0 saturated heterocycles. The van der Waals surface area contributed by atoms with Crippen molar-refractivity contribution in [2.24, 2.45) is 17.8 Å². The number of hydrogen-bond acceptors (Lipinski definition) is 3. The van der Waals surface area contributed by atoms with Gasteiger partial charge in [0.05, 0.1) is 7.11 Å². The molecule has 156 valence electrons. The molecule has 0 heterocycles. The zero-order chi connectivity index (χ0) is 20.7. The van der Waals surface area contributed by atoms with E-state index in [2.05, 4.69) is 30.3 Å². The molecule has 4 heteroatoms. The van der Waals surface area contributed by atoms with Crippen molar-refractivity contribution >= 4 is 12.0 Å². The normalized spacial score (nSPS) is 29.3. The molecule has 30 heavy (non-hydrogen) atoms. The highest BCUT2D eigenvalue weighted by Crippen LogP contribution is 2.62. The first kappa shape index (κ1) is 19.4. The van der Waals surface area contributed by atoms with E-state index in [9.17, 15) is 4.79 Å². The van der Waals surface area contributed by atoms with Gasteiger partial charge in [0.1, 0.15) is 5.75 Å². The summed E-state index contributed by atoms with van der Waals surface area (Å²) in [4.78, 5) is 11.2. The van der Waals surface area contributed by atoms with Crippen LogP contribution in [0.25, 0.3) is 17.2 Å². The van der Waals surface area contributed by atoms with Gasteiger partial charge in [0.25, 0.3) is 5.91 Å². The Morgan fingerprint density at radius 1 is 1.00 bits per heavy atom. The highest BCUT2D eigenvalue weighted by Gasteiger charge is 2.52. The van der Waals surface area contributed by atoms with Crippen LogP contribution in [0.15, 0.2) is 48.5 Å². The standard InChI is InChI=1S/C26H29NO3/c1-30-24-8-7-22(21-5-2-17(3-6-21)4-9-25(28)27-29)13-23(24)26-14-18-10-19(15-26)12-20(11-18)16-26/h2-9,13,18-20,29H,10-12,14-16H2,1H3,(H,27,28). The molecule has 4 aliphatic carbocycles. The lowest BCUT2D eigenvalue weighted by Crippen LogP contribution is -2.48. The van der Waals surface area contributed by atoms with Gasteiger partial charge in [-0.25, -0.2) is 5.48 Å². The van der Waals surface area contributed by atoms with Crippen LogP contribution < -0.4 is 10.2 Å². The van der Waals surface area contributed by atoms with Crippen LogP contribution in [0.4, 0.5) is 0 Å². The van der Waals surface area contributed by atoms with E-state index >= 15 is 0 Å². The Bertz CT molecular complexity index is 941. The summed E-state index contributed by atoms with van der Waals surface area (Å²) in [5, 5.41) is 8.60. The van der Waals surface area contributed by atoms with Crippen LogP contribution in [0.3, 0.4) is 0 Å². The van der Waals surface area contributed by atoms with Gasteiger partial charge in [0.15, 0.2) is 0 Å². The van der Waals surface area contributed by atoms with E-state index in [1.165, 1.54) is 55.7 Å². The summed E-state index contributed by atoms with van der Waals surface area (Å²) in [5.74, 6) is 3.19. The second-order valence-corrected chi connectivity index (χ2v) is 9.54. The zero-order valence-electron chi connectivity index (χ0n) is 17.4. The molecule has 0 unspecified atom stereocenters. The third kappa shape index (κ3) is 3.43. The molecule has 4 saturated carbocycles. The Morgan fingerprint density at radius 2 is 1.60 bits per heavy atom. The fraction of sp³-hybridized carbons (Fsp3) is 0.423. The predicted molar refractivity (Wildman–Crippen MR) is 117 cm³/mol. The largest absolute Gasteiger partial charge is 0.496 e. The summed E-state index contributed by atoms with van der Waals surface area (Å²) in [6.45, 7) is 0. The minimum atomic E-state index is -0.533. The first-order valence-corrected chi connectivity index (χ1v) is 11.0. The van der Waals surface area contributed by atoms with Crippen molar-refractivity contribution in [3.8, 4) is 16.9 Å². The minimum absolute atomic E-state index is 0.288. The zero-order valence-corrected chi connectivity index (χ0v) is 17.4. The van der Waals surface area contributed by atoms with Crippen molar-refractivity contribution in [3.63, 3.8) is 0 Å². The number of rotatable bonds is 5. The maximum atomic E-state index is 11.2. The van der Waals surface area contributed by atoms with Crippen LogP contribution in [0.2, 0.25) is 0 Å². The number of methoxy groups -OCH3 is 1. The number of hydroxylamine groups is 1. The average molecular weight is 404 g/mol. The van der Waals surface area contributed by atoms with Crippen LogP contribution in [0.5, 0.6) is 5.75 Å². The van der Waals surface area contributed by atoms with Crippen LogP contribution in [-0.2, 0) is 10.2 Å². The van der Waals surface area contributed by atoms with Crippen LogP contribution >= 0.6 is 0 Å². The Morgan fingerprint density at radius 3 is 2.17 bits per heavy atom. The molecule has 0 spiro atoms. The van der Waals surface area contributed by atoms with Crippen molar-refractivity contribution < 1.29 is 14.7 Å². The summed E-state index contributed by atoms with van der Waals surface area (Å²) < 4.78 is 5.84. The molecule has 2 aromatic carbocycles. The molecule has 0 aromatic heterocycles. The lowest BCUT2D eigenvalue weighted by Gasteiger charge is -2.57. The quantitative estimate of drug-likeness (QED) is 0.402. The van der Waals surface area contributed by atoms with E-state index in [0.717, 1.165) is 34.6 Å². The highest BCUT2D eigenvalue weighted by molar-refractivity contribution is 5.90. The van der Waals surface area contributed by atoms with Crippen LogP contribution in [0, 0.1) is 17.8 Å². The Kier molecular flexibility index (Phi) is 4.90. The van der Waals surface area contributed by atoms with Gasteiger partial charge in [0.2, 0.25) is 0 Å². The van der Waals surface area contributed by atoms with Gasteiger partial charge in [-0.3, -0.25) is 10.0 Å². The monoisotopic (exact) mass is 403 g/mol. The first-order valence-electron chi connectivity index (χ1n) is 11.0. The van der Waals surface area contributed by atoms with Gasteiger partial charge in [-0.1, -0.05) is 30.3 Å². The summed E-state index contributed by atoms with van der Waals surface area (Å²) in [5.41, 5.74) is 6.59. The maximum absolute atomic E-state index is 11.2. The molecule has 0 radical (unpaired) electrons. The van der Waals surface area contributed by atoms with Crippen molar-refractivity contribution in [2.45, 2.75) is 43.9 Å². The second-order valence-electron chi connectivity index (χ2n) is 9.54. The molecule has 1 amide bonds. The summed E-state index contributed by atoms with van der Waals surface area (Å²) >= 11 is 0. The number of ether oxygens (including phenoxy) is 1. The fourth-order valence-corrected chi connectivity index (χ4v) is 6.74. The molecule has 6 rings (SSSR count). The second kappa shape index (κ2) is 7.59. The average Bonchev–Trinajstić information content (AvgIpc) is 2.76. The summed E-state index contributed by atoms with van der Waals surface area (Å²) in [7, 11) is 1.79. The molecule has 4 bridgehead atoms. The van der Waals surface area contributed by atoms with Gasteiger partial charge in [-0.05, 0) is 96.6 Å². The van der Waals surface area contributed by atoms with Gasteiger partial charge < -0.3 is 4.74 Å². The molecule has 2 N–H and O–H groups in total. The van der Waals surface area contributed by atoms with Crippen LogP contribution in [-0.4, -0.2) is 18.2 Å². The van der Waals surface area contributed by atoms with Gasteiger partial charge in [0, 0.05) is 11.6 Å². The van der Waals surface area contributed by atoms with Gasteiger partial charge in [-0.2, -0.15) is 0 Å². The molecular formula is C26H29NO3. The van der Waals surface area contributed by atoms with E-state index in [1.54, 1.807) is 18.7 Å².